The quantitative estimate of drug-likeness (QED) is 0.188. The van der Waals surface area contributed by atoms with Crippen molar-refractivity contribution in [2.75, 3.05) is 49.0 Å². The molecule has 0 saturated heterocycles. The SMILES string of the molecule is CN=C/C(=C\N)Nc1ncc(CNc2ccccc2)c(Nc2cccc(NC(=O)/C=C/CN(C)C)c2)n1. The first-order valence-corrected chi connectivity index (χ1v) is 11.7. The first-order valence-electron chi connectivity index (χ1n) is 11.7. The Morgan fingerprint density at radius 1 is 1.05 bits per heavy atom. The Hall–Kier alpha value is -4.70. The predicted octanol–water partition coefficient (Wildman–Crippen LogP) is 3.80. The van der Waals surface area contributed by atoms with Crippen molar-refractivity contribution in [1.82, 2.24) is 14.9 Å². The molecule has 0 aliphatic heterocycles. The highest BCUT2D eigenvalue weighted by molar-refractivity contribution is 5.99. The Morgan fingerprint density at radius 2 is 1.81 bits per heavy atom. The minimum atomic E-state index is -0.195. The lowest BCUT2D eigenvalue weighted by Gasteiger charge is -2.15. The molecule has 1 heterocycles. The smallest absolute Gasteiger partial charge is 0.248 e. The summed E-state index contributed by atoms with van der Waals surface area (Å²) in [5.41, 5.74) is 9.48. The minimum Gasteiger partial charge on any atom is -0.403 e. The molecule has 3 rings (SSSR count). The maximum absolute atomic E-state index is 12.3. The second-order valence-corrected chi connectivity index (χ2v) is 8.28. The molecule has 1 aromatic heterocycles. The van der Waals surface area contributed by atoms with Crippen molar-refractivity contribution in [2.45, 2.75) is 6.54 Å². The Morgan fingerprint density at radius 3 is 2.54 bits per heavy atom. The van der Waals surface area contributed by atoms with Crippen LogP contribution in [0.1, 0.15) is 5.56 Å². The Bertz CT molecular complexity index is 1250. The molecule has 3 aromatic rings. The van der Waals surface area contributed by atoms with Crippen LogP contribution in [-0.4, -0.2) is 54.7 Å². The lowest BCUT2D eigenvalue weighted by molar-refractivity contribution is -0.111. The van der Waals surface area contributed by atoms with Crippen LogP contribution in [0.15, 0.2) is 89.8 Å². The number of hydrogen-bond donors (Lipinski definition) is 5. The number of nitrogens with two attached hydrogens (primary N) is 1. The summed E-state index contributed by atoms with van der Waals surface area (Å²) in [5.74, 6) is 0.761. The number of aliphatic imine (C=N–C) groups is 1. The minimum absolute atomic E-state index is 0.195. The summed E-state index contributed by atoms with van der Waals surface area (Å²) in [6.07, 6.45) is 8.06. The molecule has 0 radical (unpaired) electrons. The zero-order valence-corrected chi connectivity index (χ0v) is 21.3. The van der Waals surface area contributed by atoms with Crippen LogP contribution < -0.4 is 27.0 Å². The lowest BCUT2D eigenvalue weighted by Crippen LogP contribution is -2.13. The van der Waals surface area contributed by atoms with Crippen LogP contribution in [0.25, 0.3) is 0 Å². The van der Waals surface area contributed by atoms with Gasteiger partial charge in [-0.1, -0.05) is 30.3 Å². The fraction of sp³-hybridized carbons (Fsp3) is 0.185. The molecular weight excluding hydrogens is 466 g/mol. The van der Waals surface area contributed by atoms with Crippen LogP contribution in [-0.2, 0) is 11.3 Å². The molecule has 1 amide bonds. The van der Waals surface area contributed by atoms with Crippen molar-refractivity contribution >= 4 is 41.0 Å². The van der Waals surface area contributed by atoms with Crippen LogP contribution in [0.5, 0.6) is 0 Å². The molecule has 192 valence electrons. The number of nitrogens with one attached hydrogen (secondary N) is 4. The summed E-state index contributed by atoms with van der Waals surface area (Å²) in [5, 5.41) is 12.7. The number of hydrogen-bond acceptors (Lipinski definition) is 9. The molecule has 10 heteroatoms. The predicted molar refractivity (Wildman–Crippen MR) is 152 cm³/mol. The highest BCUT2D eigenvalue weighted by Crippen LogP contribution is 2.23. The van der Waals surface area contributed by atoms with Gasteiger partial charge >= 0.3 is 0 Å². The van der Waals surface area contributed by atoms with Crippen molar-refractivity contribution in [2.24, 2.45) is 10.7 Å². The maximum atomic E-state index is 12.3. The fourth-order valence-corrected chi connectivity index (χ4v) is 3.21. The van der Waals surface area contributed by atoms with Crippen molar-refractivity contribution in [3.63, 3.8) is 0 Å². The van der Waals surface area contributed by atoms with Gasteiger partial charge in [-0.3, -0.25) is 9.79 Å². The molecule has 0 spiro atoms. The van der Waals surface area contributed by atoms with Gasteiger partial charge in [0.25, 0.3) is 0 Å². The number of allylic oxidation sites excluding steroid dienone is 1. The van der Waals surface area contributed by atoms with E-state index < -0.39 is 0 Å². The summed E-state index contributed by atoms with van der Waals surface area (Å²) >= 11 is 0. The van der Waals surface area contributed by atoms with E-state index in [-0.39, 0.29) is 5.91 Å². The summed E-state index contributed by atoms with van der Waals surface area (Å²) in [7, 11) is 5.54. The first kappa shape index (κ1) is 26.9. The van der Waals surface area contributed by atoms with Gasteiger partial charge in [0.1, 0.15) is 5.82 Å². The van der Waals surface area contributed by atoms with E-state index >= 15 is 0 Å². The molecule has 0 fully saturated rings. The number of aromatic nitrogens is 2. The first-order chi connectivity index (χ1) is 18.0. The molecule has 10 nitrogen and oxygen atoms in total. The van der Waals surface area contributed by atoms with Gasteiger partial charge in [0.05, 0.1) is 5.70 Å². The van der Waals surface area contributed by atoms with Crippen molar-refractivity contribution < 1.29 is 4.79 Å². The number of carbonyl (C=O) groups excluding carboxylic acids is 1. The highest BCUT2D eigenvalue weighted by Gasteiger charge is 2.10. The van der Waals surface area contributed by atoms with E-state index in [0.717, 1.165) is 16.9 Å². The standard InChI is InChI=1S/C27H33N9O/c1-29-19-24(16-28)34-27-31-18-20(17-30-21-9-5-4-6-10-21)26(35-27)33-23-12-7-11-22(15-23)32-25(37)13-8-14-36(2)3/h4-13,15-16,18-19,30H,14,17,28H2,1-3H3,(H,32,37)(H2,31,33,34,35)/b13-8+,24-16+,29-19?. The van der Waals surface area contributed by atoms with E-state index in [4.69, 9.17) is 5.73 Å². The normalized spacial score (nSPS) is 11.7. The largest absolute Gasteiger partial charge is 0.403 e. The second kappa shape index (κ2) is 14.0. The van der Waals surface area contributed by atoms with Crippen LogP contribution in [0.4, 0.5) is 28.8 Å². The summed E-state index contributed by atoms with van der Waals surface area (Å²) < 4.78 is 0. The van der Waals surface area contributed by atoms with E-state index in [1.807, 2.05) is 79.7 Å². The molecule has 0 aliphatic rings. The summed E-state index contributed by atoms with van der Waals surface area (Å²) in [6.45, 7) is 1.18. The highest BCUT2D eigenvalue weighted by atomic mass is 16.1. The molecule has 0 bridgehead atoms. The molecule has 6 N–H and O–H groups in total. The summed E-state index contributed by atoms with van der Waals surface area (Å²) in [6, 6.07) is 17.3. The van der Waals surface area contributed by atoms with Gasteiger partial charge in [-0.05, 0) is 44.4 Å². The number of rotatable bonds is 12. The van der Waals surface area contributed by atoms with Gasteiger partial charge in [0.2, 0.25) is 11.9 Å². The third-order valence-corrected chi connectivity index (χ3v) is 4.96. The lowest BCUT2D eigenvalue weighted by atomic mass is 10.2. The van der Waals surface area contributed by atoms with Crippen LogP contribution in [0, 0.1) is 0 Å². The van der Waals surface area contributed by atoms with E-state index in [1.54, 1.807) is 19.5 Å². The van der Waals surface area contributed by atoms with Gasteiger partial charge in [-0.2, -0.15) is 4.98 Å². The van der Waals surface area contributed by atoms with E-state index in [2.05, 4.69) is 36.2 Å². The Labute approximate surface area is 217 Å². The van der Waals surface area contributed by atoms with Gasteiger partial charge in [0, 0.05) is 67.5 Å². The van der Waals surface area contributed by atoms with Crippen molar-refractivity contribution in [3.05, 3.63) is 90.4 Å². The molecule has 0 aliphatic carbocycles. The average Bonchev–Trinajstić information content (AvgIpc) is 2.88. The number of likely N-dealkylation sites (N-methyl/N-ethyl adjacent to an activating group) is 1. The molecule has 2 aromatic carbocycles. The fourth-order valence-electron chi connectivity index (χ4n) is 3.21. The number of benzene rings is 2. The zero-order chi connectivity index (χ0) is 26.5. The molecule has 0 unspecified atom stereocenters. The Kier molecular flexibility index (Phi) is 10.2. The average molecular weight is 500 g/mol. The van der Waals surface area contributed by atoms with Crippen LogP contribution in [0.3, 0.4) is 0 Å². The van der Waals surface area contributed by atoms with Crippen molar-refractivity contribution in [3.8, 4) is 0 Å². The molecule has 37 heavy (non-hydrogen) atoms. The van der Waals surface area contributed by atoms with E-state index in [1.165, 1.54) is 12.3 Å². The number of anilines is 5. The van der Waals surface area contributed by atoms with Gasteiger partial charge in [-0.25, -0.2) is 4.98 Å². The third kappa shape index (κ3) is 9.11. The Balaban J connectivity index is 1.81. The van der Waals surface area contributed by atoms with Crippen molar-refractivity contribution in [1.29, 1.82) is 0 Å². The molecular formula is C27H33N9O. The second-order valence-electron chi connectivity index (χ2n) is 8.28. The number of carbonyl (C=O) groups is 1. The zero-order valence-electron chi connectivity index (χ0n) is 21.3. The van der Waals surface area contributed by atoms with Crippen LogP contribution in [0.2, 0.25) is 0 Å². The monoisotopic (exact) mass is 499 g/mol. The van der Waals surface area contributed by atoms with Crippen LogP contribution >= 0.6 is 0 Å². The summed E-state index contributed by atoms with van der Waals surface area (Å²) in [4.78, 5) is 27.3. The van der Waals surface area contributed by atoms with Gasteiger partial charge in [0.15, 0.2) is 0 Å². The van der Waals surface area contributed by atoms with E-state index in [9.17, 15) is 4.79 Å². The third-order valence-electron chi connectivity index (χ3n) is 4.96. The number of amides is 1. The van der Waals surface area contributed by atoms with Gasteiger partial charge in [-0.15, -0.1) is 0 Å². The van der Waals surface area contributed by atoms with E-state index in [0.29, 0.717) is 36.2 Å². The molecule has 0 atom stereocenters. The van der Waals surface area contributed by atoms with Gasteiger partial charge < -0.3 is 31.9 Å². The topological polar surface area (TPSA) is 133 Å². The molecule has 0 saturated carbocycles. The number of para-hydroxylation sites is 1. The number of nitrogens with zero attached hydrogens (tertiary/aromatic N) is 4. The maximum Gasteiger partial charge on any atom is 0.248 e.